The first-order valence-corrected chi connectivity index (χ1v) is 3.72. The van der Waals surface area contributed by atoms with Crippen LogP contribution in [-0.4, -0.2) is 7.28 Å². The molecule has 0 saturated heterocycles. The number of hydrogen-bond donors (Lipinski definition) is 0. The van der Waals surface area contributed by atoms with E-state index in [0.29, 0.717) is 0 Å². The van der Waals surface area contributed by atoms with E-state index in [2.05, 4.69) is 36.3 Å². The summed E-state index contributed by atoms with van der Waals surface area (Å²) in [6.07, 6.45) is 3.51. The molecular formula is C9H9B. The third kappa shape index (κ3) is 0.880. The predicted octanol–water partition coefficient (Wildman–Crippen LogP) is 0.0735. The second kappa shape index (κ2) is 2.33. The van der Waals surface area contributed by atoms with Crippen LogP contribution in [-0.2, 0) is 0 Å². The summed E-state index contributed by atoms with van der Waals surface area (Å²) in [6.45, 7) is 0. The molecule has 1 heteroatoms. The van der Waals surface area contributed by atoms with Gasteiger partial charge in [-0.3, -0.25) is 0 Å². The topological polar surface area (TPSA) is 0 Å². The van der Waals surface area contributed by atoms with Gasteiger partial charge in [-0.15, -0.1) is 5.98 Å². The van der Waals surface area contributed by atoms with Crippen LogP contribution in [0.5, 0.6) is 0 Å². The monoisotopic (exact) mass is 128 g/mol. The SMILES string of the molecule is B1C=c2ccccc2=CC1. The van der Waals surface area contributed by atoms with Crippen LogP contribution in [0.2, 0.25) is 6.32 Å². The molecule has 0 fully saturated rings. The van der Waals surface area contributed by atoms with Gasteiger partial charge in [0.2, 0.25) is 0 Å². The average Bonchev–Trinajstić information content (AvgIpc) is 2.05. The normalized spacial score (nSPS) is 14.0. The highest BCUT2D eigenvalue weighted by atomic mass is 13.9. The summed E-state index contributed by atoms with van der Waals surface area (Å²) >= 11 is 0. The highest BCUT2D eigenvalue weighted by molar-refractivity contribution is 6.54. The molecule has 48 valence electrons. The number of benzene rings is 1. The summed E-state index contributed by atoms with van der Waals surface area (Å²) in [5.74, 6) is 2.30. The predicted molar refractivity (Wildman–Crippen MR) is 46.6 cm³/mol. The molecule has 0 amide bonds. The Bertz CT molecular complexity index is 303. The number of hydrogen-bond acceptors (Lipinski definition) is 0. The van der Waals surface area contributed by atoms with Crippen molar-refractivity contribution in [1.29, 1.82) is 0 Å². The summed E-state index contributed by atoms with van der Waals surface area (Å²) in [4.78, 5) is 0. The van der Waals surface area contributed by atoms with Crippen LogP contribution < -0.4 is 10.4 Å². The van der Waals surface area contributed by atoms with Gasteiger partial charge in [-0.25, -0.2) is 0 Å². The van der Waals surface area contributed by atoms with Crippen LogP contribution in [0.4, 0.5) is 0 Å². The fraction of sp³-hybridized carbons (Fsp3) is 0.111. The van der Waals surface area contributed by atoms with E-state index in [0.717, 1.165) is 0 Å². The van der Waals surface area contributed by atoms with Gasteiger partial charge in [0.25, 0.3) is 0 Å². The maximum absolute atomic E-state index is 2.30. The second-order valence-electron chi connectivity index (χ2n) is 2.61. The summed E-state index contributed by atoms with van der Waals surface area (Å²) in [7, 11) is 1.21. The van der Waals surface area contributed by atoms with E-state index >= 15 is 0 Å². The molecule has 0 N–H and O–H groups in total. The van der Waals surface area contributed by atoms with E-state index in [4.69, 9.17) is 0 Å². The third-order valence-corrected chi connectivity index (χ3v) is 1.89. The number of rotatable bonds is 0. The first-order chi connectivity index (χ1) is 4.97. The zero-order valence-electron chi connectivity index (χ0n) is 5.88. The van der Waals surface area contributed by atoms with Crippen molar-refractivity contribution in [2.24, 2.45) is 0 Å². The molecule has 1 aromatic carbocycles. The summed E-state index contributed by atoms with van der Waals surface area (Å²) in [5, 5.41) is 2.79. The highest BCUT2D eigenvalue weighted by Crippen LogP contribution is 1.85. The molecule has 0 radical (unpaired) electrons. The molecule has 0 aromatic heterocycles. The van der Waals surface area contributed by atoms with Crippen molar-refractivity contribution in [2.45, 2.75) is 6.32 Å². The molecule has 0 saturated carbocycles. The lowest BCUT2D eigenvalue weighted by atomic mass is 9.71. The fourth-order valence-corrected chi connectivity index (χ4v) is 1.36. The van der Waals surface area contributed by atoms with Gasteiger partial charge >= 0.3 is 0 Å². The van der Waals surface area contributed by atoms with E-state index in [1.54, 1.807) is 0 Å². The molecule has 1 heterocycles. The molecular weight excluding hydrogens is 119 g/mol. The highest BCUT2D eigenvalue weighted by Gasteiger charge is 1.90. The van der Waals surface area contributed by atoms with Crippen LogP contribution in [0.15, 0.2) is 24.3 Å². The summed E-state index contributed by atoms with van der Waals surface area (Å²) in [6, 6.07) is 8.53. The molecule has 10 heavy (non-hydrogen) atoms. The van der Waals surface area contributed by atoms with Crippen molar-refractivity contribution >= 4 is 19.3 Å². The van der Waals surface area contributed by atoms with Gasteiger partial charge in [0.1, 0.15) is 0 Å². The van der Waals surface area contributed by atoms with Crippen LogP contribution in [0.3, 0.4) is 0 Å². The van der Waals surface area contributed by atoms with Crippen molar-refractivity contribution < 1.29 is 0 Å². The van der Waals surface area contributed by atoms with E-state index in [9.17, 15) is 0 Å². The summed E-state index contributed by atoms with van der Waals surface area (Å²) < 4.78 is 0. The standard InChI is InChI=1S/C9H9B/c1-2-4-9-7-10-6-5-8(9)3-1/h1-5,7,10H,6H2. The van der Waals surface area contributed by atoms with Crippen molar-refractivity contribution in [3.05, 3.63) is 34.7 Å². The van der Waals surface area contributed by atoms with Crippen LogP contribution in [0.25, 0.3) is 12.1 Å². The zero-order valence-corrected chi connectivity index (χ0v) is 5.88. The van der Waals surface area contributed by atoms with Crippen molar-refractivity contribution in [1.82, 2.24) is 0 Å². The van der Waals surface area contributed by atoms with E-state index < -0.39 is 0 Å². The van der Waals surface area contributed by atoms with Crippen molar-refractivity contribution in [2.75, 3.05) is 0 Å². The van der Waals surface area contributed by atoms with Gasteiger partial charge in [-0.05, 0) is 10.4 Å². The largest absolute Gasteiger partial charge is 0.152 e. The lowest BCUT2D eigenvalue weighted by Gasteiger charge is -1.95. The van der Waals surface area contributed by atoms with Crippen LogP contribution in [0, 0.1) is 0 Å². The minimum absolute atomic E-state index is 1.21. The fourth-order valence-electron chi connectivity index (χ4n) is 1.36. The molecule has 2 rings (SSSR count). The first kappa shape index (κ1) is 5.78. The second-order valence-corrected chi connectivity index (χ2v) is 2.61. The maximum Gasteiger partial charge on any atom is 0.152 e. The van der Waals surface area contributed by atoms with Gasteiger partial charge in [0, 0.05) is 0 Å². The molecule has 1 aliphatic rings. The minimum Gasteiger partial charge on any atom is -0.111 e. The van der Waals surface area contributed by atoms with Crippen molar-refractivity contribution in [3.8, 4) is 0 Å². The van der Waals surface area contributed by atoms with Crippen molar-refractivity contribution in [3.63, 3.8) is 0 Å². The van der Waals surface area contributed by atoms with Crippen LogP contribution in [0.1, 0.15) is 0 Å². The van der Waals surface area contributed by atoms with Gasteiger partial charge in [-0.2, -0.15) is 0 Å². The Morgan fingerprint density at radius 3 is 2.70 bits per heavy atom. The average molecular weight is 128 g/mol. The Morgan fingerprint density at radius 2 is 1.90 bits per heavy atom. The lowest BCUT2D eigenvalue weighted by Crippen LogP contribution is -2.27. The lowest BCUT2D eigenvalue weighted by molar-refractivity contribution is 1.50. The van der Waals surface area contributed by atoms with Gasteiger partial charge in [0.15, 0.2) is 7.28 Å². The van der Waals surface area contributed by atoms with E-state index in [1.165, 1.54) is 24.0 Å². The molecule has 0 spiro atoms. The minimum atomic E-state index is 1.21. The Balaban J connectivity index is 2.84. The van der Waals surface area contributed by atoms with Gasteiger partial charge in [0.05, 0.1) is 0 Å². The molecule has 0 nitrogen and oxygen atoms in total. The number of fused-ring (bicyclic) bond motifs is 1. The molecule has 0 unspecified atom stereocenters. The zero-order chi connectivity index (χ0) is 6.81. The van der Waals surface area contributed by atoms with E-state index in [-0.39, 0.29) is 0 Å². The Labute approximate surface area is 61.1 Å². The Kier molecular flexibility index (Phi) is 1.35. The van der Waals surface area contributed by atoms with Gasteiger partial charge in [-0.1, -0.05) is 36.7 Å². The molecule has 1 aromatic rings. The molecule has 0 atom stereocenters. The maximum atomic E-state index is 2.30. The van der Waals surface area contributed by atoms with Gasteiger partial charge < -0.3 is 0 Å². The third-order valence-electron chi connectivity index (χ3n) is 1.89. The smallest absolute Gasteiger partial charge is 0.111 e. The molecule has 0 aliphatic carbocycles. The Hall–Kier alpha value is -0.975. The molecule has 1 aliphatic heterocycles. The molecule has 0 bridgehead atoms. The first-order valence-electron chi connectivity index (χ1n) is 3.72. The quantitative estimate of drug-likeness (QED) is 0.434. The summed E-state index contributed by atoms with van der Waals surface area (Å²) in [5.41, 5.74) is 0. The Morgan fingerprint density at radius 1 is 1.10 bits per heavy atom. The van der Waals surface area contributed by atoms with Crippen LogP contribution >= 0.6 is 0 Å². The van der Waals surface area contributed by atoms with E-state index in [1.807, 2.05) is 0 Å².